The smallest absolute Gasteiger partial charge is 0.253 e. The number of hydrogen-bond donors (Lipinski definition) is 1. The largest absolute Gasteiger partial charge is 0.365 e. The monoisotopic (exact) mass is 338 g/mol. The lowest BCUT2D eigenvalue weighted by Gasteiger charge is -2.32. The normalized spacial score (nSPS) is 17.4. The number of para-hydroxylation sites is 1. The third-order valence-electron chi connectivity index (χ3n) is 4.46. The molecule has 5 nitrogen and oxygen atoms in total. The van der Waals surface area contributed by atoms with Crippen molar-refractivity contribution in [1.29, 1.82) is 0 Å². The lowest BCUT2D eigenvalue weighted by molar-refractivity contribution is -0.129. The van der Waals surface area contributed by atoms with E-state index in [0.29, 0.717) is 18.7 Å². The zero-order valence-corrected chi connectivity index (χ0v) is 14.5. The number of amides is 2. The van der Waals surface area contributed by atoms with Crippen molar-refractivity contribution in [2.75, 3.05) is 24.6 Å². The summed E-state index contributed by atoms with van der Waals surface area (Å²) < 4.78 is 5.57. The van der Waals surface area contributed by atoms with Crippen LogP contribution in [0.4, 0.5) is 5.69 Å². The predicted molar refractivity (Wildman–Crippen MR) is 96.8 cm³/mol. The van der Waals surface area contributed by atoms with Gasteiger partial charge in [-0.3, -0.25) is 9.59 Å². The summed E-state index contributed by atoms with van der Waals surface area (Å²) in [6.45, 7) is 4.82. The molecule has 0 saturated carbocycles. The molecule has 2 amide bonds. The number of carbonyl (C=O) groups is 2. The van der Waals surface area contributed by atoms with Crippen LogP contribution in [0.2, 0.25) is 0 Å². The summed E-state index contributed by atoms with van der Waals surface area (Å²) in [5.41, 5.74) is 3.72. The van der Waals surface area contributed by atoms with Crippen molar-refractivity contribution in [2.45, 2.75) is 20.0 Å². The van der Waals surface area contributed by atoms with Crippen LogP contribution in [0.15, 0.2) is 48.5 Å². The molecule has 0 spiro atoms. The molecule has 1 N–H and O–H groups in total. The second kappa shape index (κ2) is 7.49. The topological polar surface area (TPSA) is 58.6 Å². The minimum absolute atomic E-state index is 0.0269. The fourth-order valence-electron chi connectivity index (χ4n) is 2.80. The number of hydrogen-bond acceptors (Lipinski definition) is 3. The molecule has 3 rings (SSSR count). The van der Waals surface area contributed by atoms with Crippen molar-refractivity contribution in [3.05, 3.63) is 65.2 Å². The number of benzene rings is 2. The Kier molecular flexibility index (Phi) is 5.14. The van der Waals surface area contributed by atoms with Crippen LogP contribution in [0, 0.1) is 13.8 Å². The maximum Gasteiger partial charge on any atom is 0.253 e. The van der Waals surface area contributed by atoms with Gasteiger partial charge in [-0.2, -0.15) is 0 Å². The number of carbonyl (C=O) groups excluding carboxylic acids is 2. The van der Waals surface area contributed by atoms with Gasteiger partial charge in [0.1, 0.15) is 6.61 Å². The molecular formula is C20H22N2O3. The van der Waals surface area contributed by atoms with Crippen LogP contribution in [0.25, 0.3) is 0 Å². The van der Waals surface area contributed by atoms with Gasteiger partial charge in [0.05, 0.1) is 12.6 Å². The van der Waals surface area contributed by atoms with Gasteiger partial charge in [0.25, 0.3) is 11.8 Å². The van der Waals surface area contributed by atoms with Crippen LogP contribution in [0.5, 0.6) is 0 Å². The van der Waals surface area contributed by atoms with Crippen molar-refractivity contribution in [3.8, 4) is 0 Å². The van der Waals surface area contributed by atoms with Gasteiger partial charge in [-0.15, -0.1) is 0 Å². The predicted octanol–water partition coefficient (Wildman–Crippen LogP) is 2.47. The van der Waals surface area contributed by atoms with E-state index in [-0.39, 0.29) is 24.5 Å². The molecule has 1 saturated heterocycles. The lowest BCUT2D eigenvalue weighted by Crippen LogP contribution is -2.50. The Morgan fingerprint density at radius 2 is 1.92 bits per heavy atom. The Morgan fingerprint density at radius 3 is 2.64 bits per heavy atom. The molecule has 1 fully saturated rings. The van der Waals surface area contributed by atoms with Gasteiger partial charge in [-0.25, -0.2) is 0 Å². The van der Waals surface area contributed by atoms with E-state index >= 15 is 0 Å². The van der Waals surface area contributed by atoms with Crippen molar-refractivity contribution in [2.24, 2.45) is 0 Å². The third-order valence-corrected chi connectivity index (χ3v) is 4.46. The standard InChI is InChI=1S/C20H22N2O3/c1-14-8-9-16(10-15(14)2)20(24)21-11-18-12-22(19(23)13-25-18)17-6-4-3-5-7-17/h3-10,18H,11-13H2,1-2H3,(H,21,24). The molecule has 1 unspecified atom stereocenters. The maximum atomic E-state index is 12.3. The number of morpholine rings is 1. The van der Waals surface area contributed by atoms with E-state index in [1.165, 1.54) is 0 Å². The molecule has 0 aromatic heterocycles. The van der Waals surface area contributed by atoms with Gasteiger partial charge in [0, 0.05) is 17.8 Å². The lowest BCUT2D eigenvalue weighted by atomic mass is 10.1. The Bertz CT molecular complexity index is 774. The van der Waals surface area contributed by atoms with E-state index in [4.69, 9.17) is 4.74 Å². The first-order valence-electron chi connectivity index (χ1n) is 8.37. The van der Waals surface area contributed by atoms with Crippen LogP contribution < -0.4 is 10.2 Å². The van der Waals surface area contributed by atoms with Gasteiger partial charge in [0.15, 0.2) is 0 Å². The van der Waals surface area contributed by atoms with Crippen molar-refractivity contribution in [3.63, 3.8) is 0 Å². The van der Waals surface area contributed by atoms with Crippen LogP contribution in [0.3, 0.4) is 0 Å². The Morgan fingerprint density at radius 1 is 1.16 bits per heavy atom. The number of nitrogens with one attached hydrogen (secondary N) is 1. The first kappa shape index (κ1) is 17.2. The molecule has 2 aromatic rings. The fourth-order valence-corrected chi connectivity index (χ4v) is 2.80. The van der Waals surface area contributed by atoms with Crippen LogP contribution in [0.1, 0.15) is 21.5 Å². The van der Waals surface area contributed by atoms with Crippen molar-refractivity contribution < 1.29 is 14.3 Å². The van der Waals surface area contributed by atoms with Crippen molar-refractivity contribution >= 4 is 17.5 Å². The SMILES string of the molecule is Cc1ccc(C(=O)NCC2CN(c3ccccc3)C(=O)CO2)cc1C. The highest BCUT2D eigenvalue weighted by atomic mass is 16.5. The number of rotatable bonds is 4. The summed E-state index contributed by atoms with van der Waals surface area (Å²) in [6.07, 6.45) is -0.228. The average Bonchev–Trinajstić information content (AvgIpc) is 2.63. The quantitative estimate of drug-likeness (QED) is 0.932. The number of nitrogens with zero attached hydrogens (tertiary/aromatic N) is 1. The zero-order valence-electron chi connectivity index (χ0n) is 14.5. The minimum Gasteiger partial charge on any atom is -0.365 e. The van der Waals surface area contributed by atoms with Gasteiger partial charge in [0.2, 0.25) is 0 Å². The summed E-state index contributed by atoms with van der Waals surface area (Å²) in [7, 11) is 0. The summed E-state index contributed by atoms with van der Waals surface area (Å²) in [6, 6.07) is 15.1. The van der Waals surface area contributed by atoms with Crippen LogP contribution >= 0.6 is 0 Å². The van der Waals surface area contributed by atoms with E-state index in [9.17, 15) is 9.59 Å². The first-order valence-corrected chi connectivity index (χ1v) is 8.37. The molecule has 1 aliphatic rings. The number of anilines is 1. The van der Waals surface area contributed by atoms with Gasteiger partial charge in [-0.1, -0.05) is 24.3 Å². The molecule has 130 valence electrons. The molecule has 1 aliphatic heterocycles. The van der Waals surface area contributed by atoms with Crippen LogP contribution in [-0.4, -0.2) is 37.6 Å². The van der Waals surface area contributed by atoms with Gasteiger partial charge in [-0.05, 0) is 49.2 Å². The Labute approximate surface area is 147 Å². The summed E-state index contributed by atoms with van der Waals surface area (Å²) in [5.74, 6) is -0.196. The molecule has 0 aliphatic carbocycles. The molecule has 0 radical (unpaired) electrons. The molecular weight excluding hydrogens is 316 g/mol. The number of ether oxygens (including phenoxy) is 1. The van der Waals surface area contributed by atoms with E-state index in [0.717, 1.165) is 16.8 Å². The second-order valence-electron chi connectivity index (χ2n) is 6.28. The van der Waals surface area contributed by atoms with E-state index in [1.54, 1.807) is 4.90 Å². The third kappa shape index (κ3) is 4.06. The van der Waals surface area contributed by atoms with Gasteiger partial charge >= 0.3 is 0 Å². The molecule has 1 heterocycles. The van der Waals surface area contributed by atoms with Crippen molar-refractivity contribution in [1.82, 2.24) is 5.32 Å². The molecule has 5 heteroatoms. The average molecular weight is 338 g/mol. The highest BCUT2D eigenvalue weighted by Gasteiger charge is 2.27. The van der Waals surface area contributed by atoms with E-state index in [2.05, 4.69) is 5.32 Å². The molecule has 1 atom stereocenters. The second-order valence-corrected chi connectivity index (χ2v) is 6.28. The van der Waals surface area contributed by atoms with E-state index < -0.39 is 0 Å². The summed E-state index contributed by atoms with van der Waals surface area (Å²) in [5, 5.41) is 2.90. The van der Waals surface area contributed by atoms with Crippen LogP contribution in [-0.2, 0) is 9.53 Å². The summed E-state index contributed by atoms with van der Waals surface area (Å²) in [4.78, 5) is 26.1. The highest BCUT2D eigenvalue weighted by molar-refractivity contribution is 5.95. The number of aryl methyl sites for hydroxylation is 2. The Hall–Kier alpha value is -2.66. The highest BCUT2D eigenvalue weighted by Crippen LogP contribution is 2.18. The fraction of sp³-hybridized carbons (Fsp3) is 0.300. The zero-order chi connectivity index (χ0) is 17.8. The molecule has 0 bridgehead atoms. The molecule has 2 aromatic carbocycles. The van der Waals surface area contributed by atoms with Gasteiger partial charge < -0.3 is 15.0 Å². The van der Waals surface area contributed by atoms with E-state index in [1.807, 2.05) is 62.4 Å². The minimum atomic E-state index is -0.228. The molecule has 25 heavy (non-hydrogen) atoms. The maximum absolute atomic E-state index is 12.3. The Balaban J connectivity index is 1.60. The first-order chi connectivity index (χ1) is 12.0. The summed E-state index contributed by atoms with van der Waals surface area (Å²) >= 11 is 0.